The maximum Gasteiger partial charge on any atom is 0.304 e. The number of rotatable bonds is 9. The second-order valence-corrected chi connectivity index (χ2v) is 10.3. The molecule has 166 valence electrons. The SMILES string of the molecule is C=C[C@@H](CC(=O)O)c1ccc(OCc2cccc(CN3CCc4nc(Br)sc4C3)c2)cc1. The molecule has 2 heterocycles. The average molecular weight is 513 g/mol. The molecule has 0 aliphatic carbocycles. The highest BCUT2D eigenvalue weighted by Crippen LogP contribution is 2.29. The molecule has 3 aromatic rings. The fraction of sp³-hybridized carbons (Fsp3) is 0.280. The molecule has 1 aromatic heterocycles. The Hall–Kier alpha value is -2.48. The van der Waals surface area contributed by atoms with Gasteiger partial charge in [-0.1, -0.05) is 42.5 Å². The Balaban J connectivity index is 1.33. The van der Waals surface area contributed by atoms with Crippen molar-refractivity contribution in [1.82, 2.24) is 9.88 Å². The number of benzene rings is 2. The molecule has 0 amide bonds. The van der Waals surface area contributed by atoms with Crippen LogP contribution in [0.2, 0.25) is 0 Å². The minimum Gasteiger partial charge on any atom is -0.489 e. The molecule has 4 rings (SSSR count). The van der Waals surface area contributed by atoms with Crippen LogP contribution >= 0.6 is 27.3 Å². The highest BCUT2D eigenvalue weighted by molar-refractivity contribution is 9.11. The van der Waals surface area contributed by atoms with E-state index in [1.54, 1.807) is 17.4 Å². The fourth-order valence-corrected chi connectivity index (χ4v) is 5.60. The molecule has 1 aliphatic rings. The van der Waals surface area contributed by atoms with Crippen LogP contribution in [-0.2, 0) is 30.9 Å². The van der Waals surface area contributed by atoms with Gasteiger partial charge in [0, 0.05) is 36.9 Å². The van der Waals surface area contributed by atoms with E-state index in [2.05, 4.69) is 56.7 Å². The van der Waals surface area contributed by atoms with E-state index in [9.17, 15) is 4.79 Å². The van der Waals surface area contributed by atoms with E-state index in [0.29, 0.717) is 6.61 Å². The minimum atomic E-state index is -0.833. The molecule has 2 aromatic carbocycles. The van der Waals surface area contributed by atoms with Gasteiger partial charge in [-0.15, -0.1) is 17.9 Å². The third kappa shape index (κ3) is 5.85. The summed E-state index contributed by atoms with van der Waals surface area (Å²) in [7, 11) is 0. The van der Waals surface area contributed by atoms with Crippen LogP contribution in [-0.4, -0.2) is 27.5 Å². The van der Waals surface area contributed by atoms with Crippen molar-refractivity contribution in [2.24, 2.45) is 0 Å². The van der Waals surface area contributed by atoms with Gasteiger partial charge in [-0.05, 0) is 44.8 Å². The van der Waals surface area contributed by atoms with Crippen molar-refractivity contribution in [3.8, 4) is 5.75 Å². The summed E-state index contributed by atoms with van der Waals surface area (Å²) in [5.74, 6) is -0.271. The monoisotopic (exact) mass is 512 g/mol. The standard InChI is InChI=1S/C25H25BrN2O3S/c1-2-19(13-24(29)30)20-6-8-21(9-7-20)31-16-18-5-3-4-17(12-18)14-28-11-10-22-23(15-28)32-25(26)27-22/h2-9,12,19H,1,10-11,13-16H2,(H,29,30)/t19-/m0/s1. The molecule has 0 saturated carbocycles. The van der Waals surface area contributed by atoms with E-state index in [1.165, 1.54) is 16.1 Å². The van der Waals surface area contributed by atoms with Crippen molar-refractivity contribution in [3.63, 3.8) is 0 Å². The van der Waals surface area contributed by atoms with Gasteiger partial charge in [0.15, 0.2) is 3.92 Å². The van der Waals surface area contributed by atoms with Crippen molar-refractivity contribution in [1.29, 1.82) is 0 Å². The van der Waals surface area contributed by atoms with Gasteiger partial charge >= 0.3 is 5.97 Å². The van der Waals surface area contributed by atoms with E-state index in [1.807, 2.05) is 24.3 Å². The summed E-state index contributed by atoms with van der Waals surface area (Å²) in [6.45, 7) is 7.10. The van der Waals surface area contributed by atoms with E-state index >= 15 is 0 Å². The first-order chi connectivity index (χ1) is 15.5. The first-order valence-electron chi connectivity index (χ1n) is 10.5. The first kappa shape index (κ1) is 22.7. The van der Waals surface area contributed by atoms with Crippen LogP contribution in [0.3, 0.4) is 0 Å². The quantitative estimate of drug-likeness (QED) is 0.367. The maximum absolute atomic E-state index is 11.0. The number of fused-ring (bicyclic) bond motifs is 1. The molecule has 0 saturated heterocycles. The molecule has 1 atom stereocenters. The highest BCUT2D eigenvalue weighted by Gasteiger charge is 2.20. The second-order valence-electron chi connectivity index (χ2n) is 7.92. The number of carboxylic acid groups (broad SMARTS) is 1. The Morgan fingerprint density at radius 1 is 1.28 bits per heavy atom. The third-order valence-corrected chi connectivity index (χ3v) is 7.11. The average Bonchev–Trinajstić information content (AvgIpc) is 3.16. The lowest BCUT2D eigenvalue weighted by Gasteiger charge is -2.26. The summed E-state index contributed by atoms with van der Waals surface area (Å²) in [5, 5.41) is 9.03. The molecule has 5 nitrogen and oxygen atoms in total. The van der Waals surface area contributed by atoms with E-state index in [0.717, 1.165) is 46.8 Å². The zero-order valence-electron chi connectivity index (χ0n) is 17.7. The second kappa shape index (κ2) is 10.4. The van der Waals surface area contributed by atoms with Crippen molar-refractivity contribution < 1.29 is 14.6 Å². The molecule has 32 heavy (non-hydrogen) atoms. The summed E-state index contributed by atoms with van der Waals surface area (Å²) in [4.78, 5) is 19.4. The van der Waals surface area contributed by atoms with Gasteiger partial charge in [0.1, 0.15) is 12.4 Å². The molecule has 0 unspecified atom stereocenters. The maximum atomic E-state index is 11.0. The smallest absolute Gasteiger partial charge is 0.304 e. The number of nitrogens with zero attached hydrogens (tertiary/aromatic N) is 2. The van der Waals surface area contributed by atoms with Crippen molar-refractivity contribution in [2.45, 2.75) is 38.5 Å². The Labute approximate surface area is 200 Å². The minimum absolute atomic E-state index is 0.0368. The summed E-state index contributed by atoms with van der Waals surface area (Å²) >= 11 is 5.23. The number of allylic oxidation sites excluding steroid dienone is 1. The number of aliphatic carboxylic acids is 1. The van der Waals surface area contributed by atoms with Crippen LogP contribution < -0.4 is 4.74 Å². The van der Waals surface area contributed by atoms with Gasteiger partial charge in [-0.2, -0.15) is 0 Å². The number of hydrogen-bond donors (Lipinski definition) is 1. The Morgan fingerprint density at radius 2 is 2.06 bits per heavy atom. The number of carbonyl (C=O) groups is 1. The molecule has 0 fully saturated rings. The zero-order chi connectivity index (χ0) is 22.5. The zero-order valence-corrected chi connectivity index (χ0v) is 20.1. The largest absolute Gasteiger partial charge is 0.489 e. The molecule has 1 aliphatic heterocycles. The Kier molecular flexibility index (Phi) is 7.40. The van der Waals surface area contributed by atoms with Gasteiger partial charge in [0.25, 0.3) is 0 Å². The van der Waals surface area contributed by atoms with E-state index in [-0.39, 0.29) is 12.3 Å². The predicted octanol–water partition coefficient (Wildman–Crippen LogP) is 5.79. The van der Waals surface area contributed by atoms with Crippen LogP contribution in [0.25, 0.3) is 0 Å². The molecule has 1 N–H and O–H groups in total. The van der Waals surface area contributed by atoms with Crippen molar-refractivity contribution in [2.75, 3.05) is 6.54 Å². The lowest BCUT2D eigenvalue weighted by Crippen LogP contribution is -2.29. The van der Waals surface area contributed by atoms with Crippen molar-refractivity contribution >= 4 is 33.2 Å². The topological polar surface area (TPSA) is 62.7 Å². The normalized spacial score (nSPS) is 14.5. The molecule has 0 spiro atoms. The number of hydrogen-bond acceptors (Lipinski definition) is 5. The number of aromatic nitrogens is 1. The Bertz CT molecular complexity index is 1100. The molecule has 0 radical (unpaired) electrons. The summed E-state index contributed by atoms with van der Waals surface area (Å²) in [5.41, 5.74) is 4.55. The molecular formula is C25H25BrN2O3S. The van der Waals surface area contributed by atoms with E-state index in [4.69, 9.17) is 9.84 Å². The van der Waals surface area contributed by atoms with Crippen molar-refractivity contribution in [3.05, 3.63) is 92.4 Å². The van der Waals surface area contributed by atoms with Gasteiger partial charge in [-0.25, -0.2) is 4.98 Å². The van der Waals surface area contributed by atoms with E-state index < -0.39 is 5.97 Å². The number of carboxylic acids is 1. The summed E-state index contributed by atoms with van der Waals surface area (Å²) < 4.78 is 6.94. The van der Waals surface area contributed by atoms with Crippen LogP contribution in [0.1, 0.15) is 39.6 Å². The number of halogens is 1. The molecule has 0 bridgehead atoms. The summed E-state index contributed by atoms with van der Waals surface area (Å²) in [6, 6.07) is 16.1. The number of thiazole rings is 1. The van der Waals surface area contributed by atoms with Gasteiger partial charge in [-0.3, -0.25) is 9.69 Å². The van der Waals surface area contributed by atoms with Crippen LogP contribution in [0, 0.1) is 0 Å². The van der Waals surface area contributed by atoms with Gasteiger partial charge in [0.2, 0.25) is 0 Å². The molecule has 7 heteroatoms. The lowest BCUT2D eigenvalue weighted by atomic mass is 9.96. The lowest BCUT2D eigenvalue weighted by molar-refractivity contribution is -0.137. The molecular weight excluding hydrogens is 488 g/mol. The highest BCUT2D eigenvalue weighted by atomic mass is 79.9. The first-order valence-corrected chi connectivity index (χ1v) is 12.1. The van der Waals surface area contributed by atoms with Gasteiger partial charge in [0.05, 0.1) is 12.1 Å². The van der Waals surface area contributed by atoms with Gasteiger partial charge < -0.3 is 9.84 Å². The third-order valence-electron chi connectivity index (χ3n) is 5.57. The summed E-state index contributed by atoms with van der Waals surface area (Å²) in [6.07, 6.45) is 2.71. The fourth-order valence-electron chi connectivity index (χ4n) is 3.93. The van der Waals surface area contributed by atoms with Crippen LogP contribution in [0.5, 0.6) is 5.75 Å². The Morgan fingerprint density at radius 3 is 2.81 bits per heavy atom. The van der Waals surface area contributed by atoms with Crippen LogP contribution in [0.15, 0.2) is 65.1 Å². The predicted molar refractivity (Wildman–Crippen MR) is 130 cm³/mol. The van der Waals surface area contributed by atoms with Crippen LogP contribution in [0.4, 0.5) is 0 Å². The number of ether oxygens (including phenoxy) is 1.